The van der Waals surface area contributed by atoms with Gasteiger partial charge in [-0.25, -0.2) is 6.57 Å². The number of aromatic amines is 1. The maximum absolute atomic E-state index is 11.9. The van der Waals surface area contributed by atoms with Gasteiger partial charge in [0.05, 0.1) is 6.54 Å². The molecule has 0 spiro atoms. The predicted octanol–water partition coefficient (Wildman–Crippen LogP) is 4.26. The highest BCUT2D eigenvalue weighted by atomic mass is 35.5. The molecule has 1 aromatic heterocycles. The molecule has 1 amide bonds. The first-order valence-corrected chi connectivity index (χ1v) is 7.60. The van der Waals surface area contributed by atoms with Crippen molar-refractivity contribution in [3.63, 3.8) is 0 Å². The Labute approximate surface area is 135 Å². The van der Waals surface area contributed by atoms with E-state index in [-0.39, 0.29) is 5.91 Å². The lowest BCUT2D eigenvalue weighted by molar-refractivity contribution is -0.124. The number of hydrogen-bond acceptors (Lipinski definition) is 1. The van der Waals surface area contributed by atoms with Gasteiger partial charge in [-0.1, -0.05) is 25.4 Å². The standard InChI is InChI=1S/C17H20ClN3O/c1-10(2)13-8-15-11(7-14(13)18)6-12(21-15)9-20-16(22)17(3,4)19-5/h6-8,10,21H,9H2,1-4H3,(H,20,22). The molecule has 0 aliphatic carbocycles. The second-order valence-electron chi connectivity index (χ2n) is 6.26. The maximum Gasteiger partial charge on any atom is 0.305 e. The monoisotopic (exact) mass is 317 g/mol. The Bertz CT molecular complexity index is 753. The quantitative estimate of drug-likeness (QED) is 0.813. The van der Waals surface area contributed by atoms with Gasteiger partial charge in [-0.3, -0.25) is 4.79 Å². The average Bonchev–Trinajstić information content (AvgIpc) is 2.85. The van der Waals surface area contributed by atoms with Crippen molar-refractivity contribution in [3.8, 4) is 0 Å². The second kappa shape index (κ2) is 6.02. The van der Waals surface area contributed by atoms with E-state index < -0.39 is 5.54 Å². The lowest BCUT2D eigenvalue weighted by Crippen LogP contribution is -2.39. The Hall–Kier alpha value is -1.99. The highest BCUT2D eigenvalue weighted by Crippen LogP contribution is 2.29. The minimum atomic E-state index is -1.04. The lowest BCUT2D eigenvalue weighted by atomic mass is 10.0. The molecule has 1 heterocycles. The van der Waals surface area contributed by atoms with Crippen LogP contribution in [0.5, 0.6) is 0 Å². The fourth-order valence-electron chi connectivity index (χ4n) is 2.21. The molecule has 2 N–H and O–H groups in total. The molecule has 22 heavy (non-hydrogen) atoms. The molecule has 0 saturated heterocycles. The van der Waals surface area contributed by atoms with Crippen LogP contribution in [0.1, 0.15) is 44.9 Å². The molecule has 0 atom stereocenters. The summed E-state index contributed by atoms with van der Waals surface area (Å²) in [6.45, 7) is 14.8. The zero-order valence-corrected chi connectivity index (χ0v) is 14.0. The number of amides is 1. The third-order valence-corrected chi connectivity index (χ3v) is 4.02. The van der Waals surface area contributed by atoms with Gasteiger partial charge in [0, 0.05) is 35.5 Å². The van der Waals surface area contributed by atoms with Crippen LogP contribution < -0.4 is 5.32 Å². The number of benzene rings is 1. The van der Waals surface area contributed by atoms with Crippen molar-refractivity contribution >= 4 is 28.4 Å². The highest BCUT2D eigenvalue weighted by Gasteiger charge is 2.33. The van der Waals surface area contributed by atoms with E-state index in [1.54, 1.807) is 13.8 Å². The predicted molar refractivity (Wildman–Crippen MR) is 89.9 cm³/mol. The number of rotatable bonds is 4. The van der Waals surface area contributed by atoms with E-state index in [4.69, 9.17) is 18.2 Å². The molecule has 0 aliphatic rings. The van der Waals surface area contributed by atoms with Gasteiger partial charge in [-0.05, 0) is 29.7 Å². The van der Waals surface area contributed by atoms with E-state index in [0.29, 0.717) is 12.5 Å². The first-order valence-electron chi connectivity index (χ1n) is 7.22. The van der Waals surface area contributed by atoms with Crippen LogP contribution in [-0.4, -0.2) is 16.4 Å². The van der Waals surface area contributed by atoms with Crippen LogP contribution >= 0.6 is 11.6 Å². The molecule has 0 unspecified atom stereocenters. The van der Waals surface area contributed by atoms with Crippen LogP contribution in [0.25, 0.3) is 15.7 Å². The van der Waals surface area contributed by atoms with Crippen molar-refractivity contribution in [2.75, 3.05) is 0 Å². The molecular weight excluding hydrogens is 298 g/mol. The van der Waals surface area contributed by atoms with Crippen LogP contribution in [0.4, 0.5) is 0 Å². The number of aromatic nitrogens is 1. The molecular formula is C17H20ClN3O. The number of carbonyl (C=O) groups excluding carboxylic acids is 1. The maximum atomic E-state index is 11.9. The Morgan fingerprint density at radius 2 is 2.09 bits per heavy atom. The van der Waals surface area contributed by atoms with E-state index in [9.17, 15) is 4.79 Å². The SMILES string of the molecule is [C-]#[N+]C(C)(C)C(=O)NCc1cc2cc(Cl)c(C(C)C)cc2[nH]1. The van der Waals surface area contributed by atoms with Crippen LogP contribution in [0.2, 0.25) is 5.02 Å². The summed E-state index contributed by atoms with van der Waals surface area (Å²) in [5.41, 5.74) is 1.95. The van der Waals surface area contributed by atoms with Crippen LogP contribution in [0.15, 0.2) is 18.2 Å². The Morgan fingerprint density at radius 3 is 2.68 bits per heavy atom. The summed E-state index contributed by atoms with van der Waals surface area (Å²) in [5.74, 6) is 0.0740. The van der Waals surface area contributed by atoms with Crippen molar-refractivity contribution in [3.05, 3.63) is 45.9 Å². The van der Waals surface area contributed by atoms with E-state index in [2.05, 4.69) is 35.1 Å². The number of hydrogen-bond donors (Lipinski definition) is 2. The van der Waals surface area contributed by atoms with Gasteiger partial charge in [-0.15, -0.1) is 0 Å². The number of fused-ring (bicyclic) bond motifs is 1. The molecule has 5 heteroatoms. The zero-order chi connectivity index (χ0) is 16.5. The average molecular weight is 318 g/mol. The molecule has 0 fully saturated rings. The third kappa shape index (κ3) is 3.26. The summed E-state index contributed by atoms with van der Waals surface area (Å²) >= 11 is 6.30. The van der Waals surface area contributed by atoms with Crippen molar-refractivity contribution in [2.45, 2.75) is 45.7 Å². The topological polar surface area (TPSA) is 49.2 Å². The summed E-state index contributed by atoms with van der Waals surface area (Å²) in [4.78, 5) is 18.5. The van der Waals surface area contributed by atoms with Gasteiger partial charge in [0.25, 0.3) is 0 Å². The fourth-order valence-corrected chi connectivity index (χ4v) is 2.60. The minimum Gasteiger partial charge on any atom is -0.357 e. The highest BCUT2D eigenvalue weighted by molar-refractivity contribution is 6.32. The molecule has 0 bridgehead atoms. The number of carbonyl (C=O) groups is 1. The van der Waals surface area contributed by atoms with Crippen molar-refractivity contribution in [1.29, 1.82) is 0 Å². The summed E-state index contributed by atoms with van der Waals surface area (Å²) in [7, 11) is 0. The third-order valence-electron chi connectivity index (χ3n) is 3.69. The summed E-state index contributed by atoms with van der Waals surface area (Å²) in [5, 5.41) is 4.56. The molecule has 116 valence electrons. The van der Waals surface area contributed by atoms with Gasteiger partial charge in [0.15, 0.2) is 0 Å². The van der Waals surface area contributed by atoms with Gasteiger partial charge in [0.2, 0.25) is 0 Å². The van der Waals surface area contributed by atoms with Crippen molar-refractivity contribution < 1.29 is 4.79 Å². The van der Waals surface area contributed by atoms with E-state index in [1.165, 1.54) is 0 Å². The van der Waals surface area contributed by atoms with Crippen LogP contribution in [0, 0.1) is 6.57 Å². The molecule has 0 radical (unpaired) electrons. The van der Waals surface area contributed by atoms with Gasteiger partial charge >= 0.3 is 11.4 Å². The zero-order valence-electron chi connectivity index (χ0n) is 13.2. The number of nitrogens with zero attached hydrogens (tertiary/aromatic N) is 1. The minimum absolute atomic E-state index is 0.276. The molecule has 4 nitrogen and oxygen atoms in total. The van der Waals surface area contributed by atoms with Crippen molar-refractivity contribution in [2.24, 2.45) is 0 Å². The number of halogens is 1. The Morgan fingerprint density at radius 1 is 1.41 bits per heavy atom. The number of nitrogens with one attached hydrogen (secondary N) is 2. The molecule has 2 aromatic rings. The first-order chi connectivity index (χ1) is 10.2. The molecule has 0 aliphatic heterocycles. The normalized spacial score (nSPS) is 11.7. The van der Waals surface area contributed by atoms with E-state index in [0.717, 1.165) is 27.2 Å². The lowest BCUT2D eigenvalue weighted by Gasteiger charge is -2.10. The van der Waals surface area contributed by atoms with E-state index in [1.807, 2.05) is 12.1 Å². The van der Waals surface area contributed by atoms with Gasteiger partial charge < -0.3 is 15.1 Å². The Kier molecular flexibility index (Phi) is 4.48. The van der Waals surface area contributed by atoms with Crippen LogP contribution in [-0.2, 0) is 11.3 Å². The molecule has 2 rings (SSSR count). The summed E-state index contributed by atoms with van der Waals surface area (Å²) in [6, 6.07) is 5.96. The summed E-state index contributed by atoms with van der Waals surface area (Å²) in [6.07, 6.45) is 0. The van der Waals surface area contributed by atoms with Crippen molar-refractivity contribution in [1.82, 2.24) is 10.3 Å². The largest absolute Gasteiger partial charge is 0.357 e. The summed E-state index contributed by atoms with van der Waals surface area (Å²) < 4.78 is 0. The fraction of sp³-hybridized carbons (Fsp3) is 0.412. The number of H-pyrrole nitrogens is 1. The smallest absolute Gasteiger partial charge is 0.305 e. The Balaban J connectivity index is 2.21. The molecule has 1 aromatic carbocycles. The first kappa shape index (κ1) is 16.4. The van der Waals surface area contributed by atoms with Crippen LogP contribution in [0.3, 0.4) is 0 Å². The van der Waals surface area contributed by atoms with Gasteiger partial charge in [-0.2, -0.15) is 0 Å². The van der Waals surface area contributed by atoms with Gasteiger partial charge in [0.1, 0.15) is 0 Å². The van der Waals surface area contributed by atoms with E-state index >= 15 is 0 Å². The second-order valence-corrected chi connectivity index (χ2v) is 6.67. The molecule has 0 saturated carbocycles.